The highest BCUT2D eigenvalue weighted by atomic mass is 16.5. The number of fused-ring (bicyclic) bond motifs is 1. The Morgan fingerprint density at radius 2 is 2.00 bits per heavy atom. The van der Waals surface area contributed by atoms with Gasteiger partial charge in [0, 0.05) is 49.6 Å². The number of ether oxygens (including phenoxy) is 1. The normalized spacial score (nSPS) is 16.8. The molecule has 6 heteroatoms. The van der Waals surface area contributed by atoms with Crippen LogP contribution in [0.15, 0.2) is 65.5 Å². The second-order valence-electron chi connectivity index (χ2n) is 7.58. The minimum absolute atomic E-state index is 0.290. The highest BCUT2D eigenvalue weighted by Crippen LogP contribution is 2.29. The molecular formula is C23H24N4O2. The highest BCUT2D eigenvalue weighted by Gasteiger charge is 2.22. The lowest BCUT2D eigenvalue weighted by molar-refractivity contribution is 0.0679. The van der Waals surface area contributed by atoms with Crippen molar-refractivity contribution >= 4 is 11.0 Å². The number of H-pyrrole nitrogens is 1. The second-order valence-corrected chi connectivity index (χ2v) is 7.58. The van der Waals surface area contributed by atoms with E-state index in [0.29, 0.717) is 6.10 Å². The number of furan rings is 1. The van der Waals surface area contributed by atoms with Crippen molar-refractivity contribution in [2.75, 3.05) is 13.2 Å². The van der Waals surface area contributed by atoms with Gasteiger partial charge >= 0.3 is 0 Å². The van der Waals surface area contributed by atoms with E-state index in [9.17, 15) is 0 Å². The van der Waals surface area contributed by atoms with Gasteiger partial charge < -0.3 is 9.15 Å². The summed E-state index contributed by atoms with van der Waals surface area (Å²) in [6.45, 7) is 3.37. The van der Waals surface area contributed by atoms with Gasteiger partial charge in [0.05, 0.1) is 12.3 Å². The van der Waals surface area contributed by atoms with Crippen LogP contribution in [0.4, 0.5) is 0 Å². The Kier molecular flexibility index (Phi) is 5.11. The standard InChI is InChI=1S/C23H24N4O2/c1-2-6-21-18(4-1)12-22(29-21)23-19(13-25-26-23)15-27(16-20-5-3-11-28-20)14-17-7-9-24-10-8-17/h1-2,4,6-10,12-13,20H,3,5,11,14-16H2,(H,25,26). The average molecular weight is 388 g/mol. The molecule has 0 saturated carbocycles. The Morgan fingerprint density at radius 3 is 2.83 bits per heavy atom. The Morgan fingerprint density at radius 1 is 1.10 bits per heavy atom. The summed E-state index contributed by atoms with van der Waals surface area (Å²) >= 11 is 0. The van der Waals surface area contributed by atoms with Crippen molar-refractivity contribution in [1.29, 1.82) is 0 Å². The summed E-state index contributed by atoms with van der Waals surface area (Å²) in [6, 6.07) is 14.3. The van der Waals surface area contributed by atoms with Crippen LogP contribution in [0.1, 0.15) is 24.0 Å². The monoisotopic (exact) mass is 388 g/mol. The van der Waals surface area contributed by atoms with Gasteiger partial charge in [-0.15, -0.1) is 0 Å². The van der Waals surface area contributed by atoms with E-state index in [1.807, 2.05) is 36.8 Å². The van der Waals surface area contributed by atoms with Crippen LogP contribution in [-0.4, -0.2) is 39.3 Å². The molecule has 29 heavy (non-hydrogen) atoms. The summed E-state index contributed by atoms with van der Waals surface area (Å²) in [6.07, 6.45) is 8.14. The molecule has 1 fully saturated rings. The van der Waals surface area contributed by atoms with Gasteiger partial charge in [-0.2, -0.15) is 5.10 Å². The average Bonchev–Trinajstić information content (AvgIpc) is 3.49. The fourth-order valence-electron chi connectivity index (χ4n) is 4.00. The molecule has 3 aromatic heterocycles. The summed E-state index contributed by atoms with van der Waals surface area (Å²) in [4.78, 5) is 6.55. The number of benzene rings is 1. The molecule has 1 aromatic carbocycles. The lowest BCUT2D eigenvalue weighted by atomic mass is 10.1. The van der Waals surface area contributed by atoms with E-state index in [1.54, 1.807) is 0 Å². The van der Waals surface area contributed by atoms with Gasteiger partial charge in [-0.3, -0.25) is 15.0 Å². The van der Waals surface area contributed by atoms with E-state index in [0.717, 1.165) is 67.1 Å². The van der Waals surface area contributed by atoms with Crippen LogP contribution in [-0.2, 0) is 17.8 Å². The molecule has 0 radical (unpaired) electrons. The van der Waals surface area contributed by atoms with Crippen molar-refractivity contribution in [1.82, 2.24) is 20.1 Å². The van der Waals surface area contributed by atoms with Crippen molar-refractivity contribution in [3.63, 3.8) is 0 Å². The predicted molar refractivity (Wildman–Crippen MR) is 111 cm³/mol. The number of pyridine rings is 1. The maximum absolute atomic E-state index is 6.06. The van der Waals surface area contributed by atoms with Crippen LogP contribution in [0, 0.1) is 0 Å². The molecule has 4 heterocycles. The number of para-hydroxylation sites is 1. The molecule has 1 atom stereocenters. The van der Waals surface area contributed by atoms with E-state index in [-0.39, 0.29) is 0 Å². The first kappa shape index (κ1) is 18.1. The summed E-state index contributed by atoms with van der Waals surface area (Å²) < 4.78 is 12.0. The Bertz CT molecular complexity index is 1030. The van der Waals surface area contributed by atoms with E-state index >= 15 is 0 Å². The number of nitrogens with zero attached hydrogens (tertiary/aromatic N) is 3. The van der Waals surface area contributed by atoms with Crippen molar-refractivity contribution in [3.8, 4) is 11.5 Å². The highest BCUT2D eigenvalue weighted by molar-refractivity contribution is 5.82. The number of nitrogens with one attached hydrogen (secondary N) is 1. The SMILES string of the molecule is c1ccc2oc(-c3[nH]ncc3CN(Cc3ccncc3)CC3CCCO3)cc2c1. The van der Waals surface area contributed by atoms with Crippen LogP contribution < -0.4 is 0 Å². The minimum Gasteiger partial charge on any atom is -0.454 e. The molecular weight excluding hydrogens is 364 g/mol. The largest absolute Gasteiger partial charge is 0.454 e. The first-order valence-corrected chi connectivity index (χ1v) is 10.1. The van der Waals surface area contributed by atoms with Crippen LogP contribution in [0.2, 0.25) is 0 Å². The third kappa shape index (κ3) is 4.09. The zero-order valence-corrected chi connectivity index (χ0v) is 16.3. The zero-order valence-electron chi connectivity index (χ0n) is 16.3. The van der Waals surface area contributed by atoms with Gasteiger partial charge in [0.1, 0.15) is 11.3 Å². The Hall–Kier alpha value is -2.96. The van der Waals surface area contributed by atoms with Gasteiger partial charge in [0.25, 0.3) is 0 Å². The molecule has 1 unspecified atom stereocenters. The van der Waals surface area contributed by atoms with Crippen molar-refractivity contribution in [2.24, 2.45) is 0 Å². The lowest BCUT2D eigenvalue weighted by Gasteiger charge is -2.25. The van der Waals surface area contributed by atoms with Crippen LogP contribution >= 0.6 is 0 Å². The molecule has 1 N–H and O–H groups in total. The number of aromatic amines is 1. The van der Waals surface area contributed by atoms with Crippen LogP contribution in [0.25, 0.3) is 22.4 Å². The molecule has 5 rings (SSSR count). The van der Waals surface area contributed by atoms with Crippen molar-refractivity contribution in [3.05, 3.63) is 72.2 Å². The first-order valence-electron chi connectivity index (χ1n) is 10.1. The molecule has 6 nitrogen and oxygen atoms in total. The lowest BCUT2D eigenvalue weighted by Crippen LogP contribution is -2.31. The minimum atomic E-state index is 0.290. The molecule has 1 saturated heterocycles. The topological polar surface area (TPSA) is 67.2 Å². The smallest absolute Gasteiger partial charge is 0.153 e. The Labute approximate surface area is 169 Å². The Balaban J connectivity index is 1.40. The van der Waals surface area contributed by atoms with Crippen molar-refractivity contribution in [2.45, 2.75) is 32.0 Å². The number of hydrogen-bond donors (Lipinski definition) is 1. The van der Waals surface area contributed by atoms with Gasteiger partial charge in [-0.1, -0.05) is 18.2 Å². The van der Waals surface area contributed by atoms with Crippen LogP contribution in [0.5, 0.6) is 0 Å². The van der Waals surface area contributed by atoms with Gasteiger partial charge in [-0.25, -0.2) is 0 Å². The van der Waals surface area contributed by atoms with E-state index in [2.05, 4.69) is 44.3 Å². The predicted octanol–water partition coefficient (Wildman–Crippen LogP) is 4.40. The van der Waals surface area contributed by atoms with Gasteiger partial charge in [-0.05, 0) is 42.7 Å². The maximum Gasteiger partial charge on any atom is 0.153 e. The fourth-order valence-corrected chi connectivity index (χ4v) is 4.00. The van der Waals surface area contributed by atoms with Crippen LogP contribution in [0.3, 0.4) is 0 Å². The molecule has 0 bridgehead atoms. The molecule has 148 valence electrons. The molecule has 0 spiro atoms. The number of aromatic nitrogens is 3. The first-order chi connectivity index (χ1) is 14.3. The fraction of sp³-hybridized carbons (Fsp3) is 0.304. The summed E-state index contributed by atoms with van der Waals surface area (Å²) in [5, 5.41) is 8.54. The molecule has 0 aliphatic carbocycles. The second kappa shape index (κ2) is 8.19. The number of hydrogen-bond acceptors (Lipinski definition) is 5. The summed E-state index contributed by atoms with van der Waals surface area (Å²) in [7, 11) is 0. The third-order valence-electron chi connectivity index (χ3n) is 5.43. The molecule has 4 aromatic rings. The van der Waals surface area contributed by atoms with E-state index < -0.39 is 0 Å². The third-order valence-corrected chi connectivity index (χ3v) is 5.43. The van der Waals surface area contributed by atoms with Crippen molar-refractivity contribution < 1.29 is 9.15 Å². The molecule has 0 amide bonds. The number of rotatable bonds is 7. The maximum atomic E-state index is 6.06. The summed E-state index contributed by atoms with van der Waals surface area (Å²) in [5.74, 6) is 0.819. The molecule has 1 aliphatic heterocycles. The molecule has 1 aliphatic rings. The van der Waals surface area contributed by atoms with Gasteiger partial charge in [0.2, 0.25) is 0 Å². The zero-order chi connectivity index (χ0) is 19.5. The summed E-state index contributed by atoms with van der Waals surface area (Å²) in [5.41, 5.74) is 4.19. The quantitative estimate of drug-likeness (QED) is 0.508. The van der Waals surface area contributed by atoms with E-state index in [4.69, 9.17) is 9.15 Å². The van der Waals surface area contributed by atoms with Gasteiger partial charge in [0.15, 0.2) is 5.76 Å². The van der Waals surface area contributed by atoms with E-state index in [1.165, 1.54) is 5.56 Å².